The molecule has 3 aliphatic rings. The van der Waals surface area contributed by atoms with Gasteiger partial charge in [0.05, 0.1) is 11.2 Å². The smallest absolute Gasteiger partial charge is 0.192 e. The van der Waals surface area contributed by atoms with Crippen LogP contribution in [0.4, 0.5) is 0 Å². The summed E-state index contributed by atoms with van der Waals surface area (Å²) >= 11 is 0. The van der Waals surface area contributed by atoms with Crippen molar-refractivity contribution in [3.8, 4) is 0 Å². The average molecular weight is 675 g/mol. The summed E-state index contributed by atoms with van der Waals surface area (Å²) in [6, 6.07) is 6.96. The van der Waals surface area contributed by atoms with Gasteiger partial charge in [-0.3, -0.25) is 0 Å². The topological polar surface area (TPSA) is 58.9 Å². The molecule has 46 heavy (non-hydrogen) atoms. The van der Waals surface area contributed by atoms with Crippen LogP contribution in [0.25, 0.3) is 0 Å². The van der Waals surface area contributed by atoms with E-state index in [1.54, 1.807) is 0 Å². The van der Waals surface area contributed by atoms with E-state index in [1.165, 1.54) is 18.1 Å². The molecule has 6 heteroatoms. The minimum absolute atomic E-state index is 0.00397. The zero-order valence-electron chi connectivity index (χ0n) is 32.0. The Morgan fingerprint density at radius 3 is 2.07 bits per heavy atom. The predicted octanol–water partition coefficient (Wildman–Crippen LogP) is 11.0. The van der Waals surface area contributed by atoms with Crippen LogP contribution in [0.1, 0.15) is 128 Å². The lowest BCUT2D eigenvalue weighted by Crippen LogP contribution is -2.56. The van der Waals surface area contributed by atoms with E-state index >= 15 is 0 Å². The molecule has 0 aromatic rings. The van der Waals surface area contributed by atoms with Crippen molar-refractivity contribution in [2.45, 2.75) is 187 Å². The molecule has 3 saturated carbocycles. The summed E-state index contributed by atoms with van der Waals surface area (Å²) in [6.07, 6.45) is 13.7. The molecule has 0 bridgehead atoms. The van der Waals surface area contributed by atoms with E-state index in [1.807, 2.05) is 6.08 Å². The predicted molar refractivity (Wildman–Crippen MR) is 202 cm³/mol. The molecule has 266 valence electrons. The lowest BCUT2D eigenvalue weighted by Gasteiger charge is -2.52. The van der Waals surface area contributed by atoms with Crippen LogP contribution in [0.15, 0.2) is 36.0 Å². The largest absolute Gasteiger partial charge is 0.414 e. The second-order valence-corrected chi connectivity index (χ2v) is 26.0. The summed E-state index contributed by atoms with van der Waals surface area (Å²) in [5.74, 6) is 1.31. The lowest BCUT2D eigenvalue weighted by molar-refractivity contribution is -0.155. The zero-order valence-corrected chi connectivity index (χ0v) is 34.0. The van der Waals surface area contributed by atoms with Crippen LogP contribution in [-0.4, -0.2) is 50.3 Å². The first-order valence-electron chi connectivity index (χ1n) is 19.4. The van der Waals surface area contributed by atoms with Gasteiger partial charge < -0.3 is 19.1 Å². The highest BCUT2D eigenvalue weighted by molar-refractivity contribution is 6.74. The fraction of sp³-hybridized carbons (Fsp3) is 0.850. The Morgan fingerprint density at radius 1 is 0.913 bits per heavy atom. The summed E-state index contributed by atoms with van der Waals surface area (Å²) in [7, 11) is -3.41. The van der Waals surface area contributed by atoms with Crippen molar-refractivity contribution in [2.24, 2.45) is 29.1 Å². The molecule has 0 aliphatic heterocycles. The highest BCUT2D eigenvalue weighted by Crippen LogP contribution is 2.61. The summed E-state index contributed by atoms with van der Waals surface area (Å²) in [4.78, 5) is 0. The molecule has 8 atom stereocenters. The van der Waals surface area contributed by atoms with Crippen molar-refractivity contribution < 1.29 is 19.1 Å². The fourth-order valence-electron chi connectivity index (χ4n) is 9.88. The first-order valence-corrected chi connectivity index (χ1v) is 24.5. The molecule has 2 unspecified atom stereocenters. The highest BCUT2D eigenvalue weighted by Gasteiger charge is 2.59. The maximum Gasteiger partial charge on any atom is 0.192 e. The molecule has 0 aromatic carbocycles. The SMILES string of the molecule is C=C1CC[C@H](O[Si](CC)(CC)CC)C/C1=C/C(O)C1(O)CCC[C@]2(C)[C@@H]([C@H](C)/C=C/[C@H](C)C(C)(C)O[Si](CC)(CC)CC)CC[C@@H]12. The molecular formula is C40H74O4Si2. The monoisotopic (exact) mass is 675 g/mol. The molecule has 3 aliphatic carbocycles. The van der Waals surface area contributed by atoms with Crippen molar-refractivity contribution in [1.29, 1.82) is 0 Å². The number of hydrogen-bond donors (Lipinski definition) is 2. The Balaban J connectivity index is 1.76. The molecule has 0 aromatic heterocycles. The minimum Gasteiger partial charge on any atom is -0.414 e. The third-order valence-electron chi connectivity index (χ3n) is 14.0. The lowest BCUT2D eigenvalue weighted by atomic mass is 9.56. The maximum absolute atomic E-state index is 12.4. The molecule has 0 radical (unpaired) electrons. The third kappa shape index (κ3) is 8.26. The normalized spacial score (nSPS) is 32.6. The van der Waals surface area contributed by atoms with E-state index in [9.17, 15) is 10.2 Å². The fourth-order valence-corrected chi connectivity index (χ4v) is 16.0. The van der Waals surface area contributed by atoms with Crippen molar-refractivity contribution in [3.63, 3.8) is 0 Å². The van der Waals surface area contributed by atoms with Gasteiger partial charge in [0.15, 0.2) is 16.6 Å². The van der Waals surface area contributed by atoms with Gasteiger partial charge in [-0.2, -0.15) is 0 Å². The zero-order chi connectivity index (χ0) is 34.6. The van der Waals surface area contributed by atoms with Gasteiger partial charge in [-0.1, -0.05) is 86.6 Å². The van der Waals surface area contributed by atoms with Gasteiger partial charge in [0.2, 0.25) is 0 Å². The van der Waals surface area contributed by atoms with Crippen LogP contribution >= 0.6 is 0 Å². The minimum atomic E-state index is -1.71. The number of allylic oxidation sites excluding steroid dienone is 2. The second-order valence-electron chi connectivity index (χ2n) is 16.5. The summed E-state index contributed by atoms with van der Waals surface area (Å²) in [5, 5.41) is 24.2. The Labute approximate surface area is 287 Å². The average Bonchev–Trinajstić information content (AvgIpc) is 3.41. The maximum atomic E-state index is 12.4. The van der Waals surface area contributed by atoms with Crippen molar-refractivity contribution in [1.82, 2.24) is 0 Å². The summed E-state index contributed by atoms with van der Waals surface area (Å²) in [5.41, 5.74) is 0.943. The summed E-state index contributed by atoms with van der Waals surface area (Å²) < 4.78 is 13.9. The number of hydrogen-bond acceptors (Lipinski definition) is 4. The Kier molecular flexibility index (Phi) is 13.9. The van der Waals surface area contributed by atoms with Gasteiger partial charge in [-0.25, -0.2) is 0 Å². The number of rotatable bonds is 16. The third-order valence-corrected chi connectivity index (χ3v) is 23.6. The van der Waals surface area contributed by atoms with Crippen LogP contribution in [0.5, 0.6) is 0 Å². The van der Waals surface area contributed by atoms with Crippen molar-refractivity contribution in [2.75, 3.05) is 0 Å². The van der Waals surface area contributed by atoms with E-state index < -0.39 is 28.3 Å². The molecule has 0 heterocycles. The van der Waals surface area contributed by atoms with E-state index in [0.717, 1.165) is 74.2 Å². The molecule has 3 fully saturated rings. The first kappa shape index (κ1) is 39.9. The molecule has 4 nitrogen and oxygen atoms in total. The first-order chi connectivity index (χ1) is 21.5. The quantitative estimate of drug-likeness (QED) is 0.126. The standard InChI is InChI=1S/C40H74O4Si2/c1-13-45(14-2,15-3)43-34-23-21-30(7)33(28-34)29-37(41)40(42)27-19-26-39(12)35(24-25-36(39)40)31(8)20-22-32(9)38(10,11)44-46(16-4,17-5)18-6/h20,22,29,31-32,34-37,41-42H,7,13-19,21,23-28H2,1-6,8-12H3/b22-20+,33-29-/t31-,32+,34+,35-,36-,37?,39-,40?/m1/s1. The Morgan fingerprint density at radius 2 is 1.50 bits per heavy atom. The molecule has 3 rings (SSSR count). The Hall–Kier alpha value is -0.506. The Bertz CT molecular complexity index is 1040. The van der Waals surface area contributed by atoms with Crippen LogP contribution in [-0.2, 0) is 8.85 Å². The highest BCUT2D eigenvalue weighted by atomic mass is 28.4. The molecular weight excluding hydrogens is 601 g/mol. The van der Waals surface area contributed by atoms with E-state index in [0.29, 0.717) is 24.2 Å². The van der Waals surface area contributed by atoms with Crippen LogP contribution in [0, 0.1) is 29.1 Å². The van der Waals surface area contributed by atoms with Gasteiger partial charge in [0.1, 0.15) is 6.10 Å². The summed E-state index contributed by atoms with van der Waals surface area (Å²) in [6.45, 7) is 29.8. The van der Waals surface area contributed by atoms with Crippen molar-refractivity contribution >= 4 is 16.6 Å². The van der Waals surface area contributed by atoms with Gasteiger partial charge in [0, 0.05) is 12.0 Å². The van der Waals surface area contributed by atoms with Crippen molar-refractivity contribution in [3.05, 3.63) is 36.0 Å². The number of aliphatic hydroxyl groups excluding tert-OH is 1. The van der Waals surface area contributed by atoms with Gasteiger partial charge in [0.25, 0.3) is 0 Å². The van der Waals surface area contributed by atoms with Gasteiger partial charge in [-0.05, 0) is 136 Å². The molecule has 2 N–H and O–H groups in total. The molecule has 0 saturated heterocycles. The van der Waals surface area contributed by atoms with Gasteiger partial charge >= 0.3 is 0 Å². The van der Waals surface area contributed by atoms with Gasteiger partial charge in [-0.15, -0.1) is 0 Å². The van der Waals surface area contributed by atoms with E-state index in [2.05, 4.69) is 94.9 Å². The molecule has 0 spiro atoms. The number of fused-ring (bicyclic) bond motifs is 1. The number of aliphatic hydroxyl groups is 2. The van der Waals surface area contributed by atoms with Crippen LogP contribution in [0.3, 0.4) is 0 Å². The second kappa shape index (κ2) is 16.0. The van der Waals surface area contributed by atoms with E-state index in [-0.39, 0.29) is 23.0 Å². The van der Waals surface area contributed by atoms with Crippen LogP contribution in [0.2, 0.25) is 36.3 Å². The van der Waals surface area contributed by atoms with E-state index in [4.69, 9.17) is 8.85 Å². The molecule has 0 amide bonds. The van der Waals surface area contributed by atoms with Crippen LogP contribution < -0.4 is 0 Å².